The first-order chi connectivity index (χ1) is 12.3. The fourth-order valence-electron chi connectivity index (χ4n) is 2.19. The molecular formula is C19H32O7. The number of hydrogen-bond acceptors (Lipinski definition) is 7. The van der Waals surface area contributed by atoms with Gasteiger partial charge >= 0.3 is 0 Å². The average Bonchev–Trinajstić information content (AvgIpc) is 2.60. The quantitative estimate of drug-likeness (QED) is 0.490. The van der Waals surface area contributed by atoms with Crippen LogP contribution in [-0.4, -0.2) is 45.4 Å². The third kappa shape index (κ3) is 9.05. The van der Waals surface area contributed by atoms with Gasteiger partial charge in [-0.1, -0.05) is 30.3 Å². The molecule has 1 aromatic carbocycles. The van der Waals surface area contributed by atoms with Crippen LogP contribution in [0.25, 0.3) is 0 Å². The maximum absolute atomic E-state index is 5.90. The average molecular weight is 372 g/mol. The van der Waals surface area contributed by atoms with E-state index in [0.717, 1.165) is 5.56 Å². The van der Waals surface area contributed by atoms with Gasteiger partial charge in [0.25, 0.3) is 5.97 Å². The Kier molecular flexibility index (Phi) is 10.3. The fourth-order valence-corrected chi connectivity index (χ4v) is 2.19. The molecular weight excluding hydrogens is 340 g/mol. The predicted octanol–water partition coefficient (Wildman–Crippen LogP) is 3.62. The summed E-state index contributed by atoms with van der Waals surface area (Å²) in [6, 6.07) is 9.74. The van der Waals surface area contributed by atoms with Crippen molar-refractivity contribution in [3.05, 3.63) is 35.9 Å². The molecule has 0 saturated carbocycles. The van der Waals surface area contributed by atoms with Crippen LogP contribution in [-0.2, 0) is 39.8 Å². The van der Waals surface area contributed by atoms with Gasteiger partial charge in [0.2, 0.25) is 0 Å². The van der Waals surface area contributed by atoms with Crippen molar-refractivity contribution >= 4 is 0 Å². The van der Waals surface area contributed by atoms with Crippen molar-refractivity contribution < 1.29 is 33.2 Å². The van der Waals surface area contributed by atoms with Crippen LogP contribution in [0, 0.1) is 0 Å². The van der Waals surface area contributed by atoms with E-state index in [1.54, 1.807) is 48.8 Å². The first-order valence-corrected chi connectivity index (χ1v) is 8.68. The summed E-state index contributed by atoms with van der Waals surface area (Å²) in [5.41, 5.74) is 0.989. The van der Waals surface area contributed by atoms with E-state index in [2.05, 4.69) is 0 Å². The van der Waals surface area contributed by atoms with E-state index < -0.39 is 31.1 Å². The second-order valence-electron chi connectivity index (χ2n) is 5.89. The summed E-state index contributed by atoms with van der Waals surface area (Å²) in [6.07, 6.45) is -2.10. The molecule has 0 fully saturated rings. The zero-order valence-electron chi connectivity index (χ0n) is 16.8. The Hall–Kier alpha value is -1.06. The molecule has 0 radical (unpaired) electrons. The highest BCUT2D eigenvalue weighted by Gasteiger charge is 2.34. The summed E-state index contributed by atoms with van der Waals surface area (Å²) in [4.78, 5) is 0. The Morgan fingerprint density at radius 3 is 1.65 bits per heavy atom. The molecule has 4 unspecified atom stereocenters. The number of methoxy groups -OCH3 is 2. The van der Waals surface area contributed by atoms with Gasteiger partial charge in [0, 0.05) is 21.1 Å². The second-order valence-corrected chi connectivity index (χ2v) is 5.89. The fraction of sp³-hybridized carbons (Fsp3) is 0.684. The van der Waals surface area contributed by atoms with Crippen LogP contribution in [0.15, 0.2) is 30.3 Å². The second kappa shape index (κ2) is 11.6. The van der Waals surface area contributed by atoms with E-state index >= 15 is 0 Å². The minimum Gasteiger partial charge on any atom is -0.356 e. The number of hydrogen-bond donors (Lipinski definition) is 0. The highest BCUT2D eigenvalue weighted by molar-refractivity contribution is 5.13. The van der Waals surface area contributed by atoms with Crippen molar-refractivity contribution in [2.75, 3.05) is 14.2 Å². The van der Waals surface area contributed by atoms with Crippen LogP contribution < -0.4 is 0 Å². The minimum atomic E-state index is -1.39. The van der Waals surface area contributed by atoms with E-state index in [-0.39, 0.29) is 0 Å². The molecule has 0 N–H and O–H groups in total. The smallest absolute Gasteiger partial charge is 0.284 e. The molecule has 0 aromatic heterocycles. The van der Waals surface area contributed by atoms with E-state index in [1.165, 1.54) is 0 Å². The van der Waals surface area contributed by atoms with Crippen molar-refractivity contribution in [2.24, 2.45) is 0 Å². The number of ether oxygens (including phenoxy) is 7. The Morgan fingerprint density at radius 2 is 1.23 bits per heavy atom. The molecule has 0 bridgehead atoms. The third-order valence-corrected chi connectivity index (χ3v) is 3.53. The summed E-state index contributed by atoms with van der Waals surface area (Å²) in [7, 11) is 3.11. The van der Waals surface area contributed by atoms with Crippen molar-refractivity contribution in [3.8, 4) is 0 Å². The molecule has 0 aliphatic carbocycles. The van der Waals surface area contributed by atoms with Gasteiger partial charge in [0.1, 0.15) is 0 Å². The van der Waals surface area contributed by atoms with Gasteiger partial charge in [-0.15, -0.1) is 0 Å². The van der Waals surface area contributed by atoms with Gasteiger partial charge in [0.05, 0.1) is 6.61 Å². The molecule has 0 spiro atoms. The largest absolute Gasteiger partial charge is 0.356 e. The molecule has 26 heavy (non-hydrogen) atoms. The van der Waals surface area contributed by atoms with Gasteiger partial charge in [0.15, 0.2) is 25.2 Å². The topological polar surface area (TPSA) is 64.6 Å². The lowest BCUT2D eigenvalue weighted by atomic mass is 10.2. The molecule has 0 saturated heterocycles. The number of benzene rings is 1. The van der Waals surface area contributed by atoms with E-state index in [0.29, 0.717) is 6.61 Å². The summed E-state index contributed by atoms with van der Waals surface area (Å²) < 4.78 is 38.9. The zero-order valence-corrected chi connectivity index (χ0v) is 16.8. The normalized spacial score (nSPS) is 18.7. The van der Waals surface area contributed by atoms with Crippen LogP contribution in [0.4, 0.5) is 0 Å². The molecule has 1 aromatic rings. The molecule has 1 rings (SSSR count). The molecule has 0 heterocycles. The Bertz CT molecular complexity index is 462. The van der Waals surface area contributed by atoms with Crippen LogP contribution in [0.3, 0.4) is 0 Å². The highest BCUT2D eigenvalue weighted by atomic mass is 16.9. The lowest BCUT2D eigenvalue weighted by molar-refractivity contribution is -0.450. The minimum absolute atomic E-state index is 0.302. The molecule has 150 valence electrons. The van der Waals surface area contributed by atoms with Crippen molar-refractivity contribution in [1.29, 1.82) is 0 Å². The lowest BCUT2D eigenvalue weighted by Crippen LogP contribution is -2.43. The molecule has 7 nitrogen and oxygen atoms in total. The molecule has 7 heteroatoms. The first-order valence-electron chi connectivity index (χ1n) is 8.68. The maximum Gasteiger partial charge on any atom is 0.284 e. The molecule has 0 aliphatic rings. The van der Waals surface area contributed by atoms with E-state index in [1.807, 2.05) is 30.3 Å². The SMILES string of the molecule is COC(C)OC(C)OC(C)(OCc1ccccc1)OC(C)OC(C)OC. The van der Waals surface area contributed by atoms with Crippen LogP contribution >= 0.6 is 0 Å². The summed E-state index contributed by atoms with van der Waals surface area (Å²) in [5.74, 6) is -1.39. The van der Waals surface area contributed by atoms with Gasteiger partial charge < -0.3 is 23.7 Å². The standard InChI is InChI=1S/C19H32O7/c1-14(20-6)23-16(3)25-19(5,26-17(4)24-15(2)21-7)22-13-18-11-9-8-10-12-18/h8-12,14-17H,13H2,1-7H3. The van der Waals surface area contributed by atoms with Gasteiger partial charge in [-0.3, -0.25) is 9.47 Å². The van der Waals surface area contributed by atoms with E-state index in [9.17, 15) is 0 Å². The predicted molar refractivity (Wildman–Crippen MR) is 95.8 cm³/mol. The molecule has 0 aliphatic heterocycles. The summed E-state index contributed by atoms with van der Waals surface area (Å²) >= 11 is 0. The van der Waals surface area contributed by atoms with Crippen molar-refractivity contribution in [2.45, 2.75) is 72.4 Å². The van der Waals surface area contributed by atoms with Crippen LogP contribution in [0.2, 0.25) is 0 Å². The zero-order chi connectivity index (χ0) is 19.6. The summed E-state index contributed by atoms with van der Waals surface area (Å²) in [5, 5.41) is 0. The third-order valence-electron chi connectivity index (χ3n) is 3.53. The van der Waals surface area contributed by atoms with Crippen LogP contribution in [0.5, 0.6) is 0 Å². The molecule has 4 atom stereocenters. The van der Waals surface area contributed by atoms with Crippen molar-refractivity contribution in [3.63, 3.8) is 0 Å². The Labute approximate surface area is 156 Å². The van der Waals surface area contributed by atoms with Crippen molar-refractivity contribution in [1.82, 2.24) is 0 Å². The number of rotatable bonds is 13. The highest BCUT2D eigenvalue weighted by Crippen LogP contribution is 2.23. The van der Waals surface area contributed by atoms with Gasteiger partial charge in [-0.05, 0) is 33.3 Å². The molecule has 0 amide bonds. The maximum atomic E-state index is 5.90. The van der Waals surface area contributed by atoms with Gasteiger partial charge in [-0.2, -0.15) is 0 Å². The summed E-state index contributed by atoms with van der Waals surface area (Å²) in [6.45, 7) is 9.00. The van der Waals surface area contributed by atoms with Crippen LogP contribution in [0.1, 0.15) is 40.2 Å². The van der Waals surface area contributed by atoms with Gasteiger partial charge in [-0.25, -0.2) is 0 Å². The van der Waals surface area contributed by atoms with E-state index in [4.69, 9.17) is 33.2 Å². The Morgan fingerprint density at radius 1 is 0.769 bits per heavy atom. The lowest BCUT2D eigenvalue weighted by Gasteiger charge is -2.35. The first kappa shape index (κ1) is 23.0. The Balaban J connectivity index is 2.74. The monoisotopic (exact) mass is 372 g/mol.